The van der Waals surface area contributed by atoms with Gasteiger partial charge in [-0.25, -0.2) is 0 Å². The third-order valence-corrected chi connectivity index (χ3v) is 2.90. The van der Waals surface area contributed by atoms with Crippen molar-refractivity contribution in [1.82, 2.24) is 25.4 Å². The second-order valence-electron chi connectivity index (χ2n) is 4.53. The Balaban J connectivity index is 0.00000242. The molecular weight excluding hydrogens is 391 g/mol. The van der Waals surface area contributed by atoms with E-state index in [-0.39, 0.29) is 24.0 Å². The van der Waals surface area contributed by atoms with Crippen molar-refractivity contribution in [1.29, 1.82) is 0 Å². The highest BCUT2D eigenvalue weighted by atomic mass is 127. The molecule has 0 unspecified atom stereocenters. The van der Waals surface area contributed by atoms with Crippen LogP contribution in [0.4, 0.5) is 0 Å². The van der Waals surface area contributed by atoms with Crippen molar-refractivity contribution < 1.29 is 0 Å². The average Bonchev–Trinajstić information content (AvgIpc) is 3.02. The van der Waals surface area contributed by atoms with Gasteiger partial charge in [0, 0.05) is 50.3 Å². The van der Waals surface area contributed by atoms with Crippen LogP contribution >= 0.6 is 24.0 Å². The van der Waals surface area contributed by atoms with Crippen LogP contribution in [0.3, 0.4) is 0 Å². The quantitative estimate of drug-likeness (QED) is 0.411. The smallest absolute Gasteiger partial charge is 0.191 e. The van der Waals surface area contributed by atoms with E-state index < -0.39 is 0 Å². The van der Waals surface area contributed by atoms with Crippen LogP contribution in [-0.2, 0) is 13.0 Å². The van der Waals surface area contributed by atoms with Gasteiger partial charge in [0.2, 0.25) is 0 Å². The zero-order chi connectivity index (χ0) is 14.8. The van der Waals surface area contributed by atoms with Crippen LogP contribution in [0.5, 0.6) is 0 Å². The van der Waals surface area contributed by atoms with Crippen molar-refractivity contribution in [3.05, 3.63) is 48.5 Å². The summed E-state index contributed by atoms with van der Waals surface area (Å²) in [6.07, 6.45) is 6.39. The predicted molar refractivity (Wildman–Crippen MR) is 99.6 cm³/mol. The molecule has 0 atom stereocenters. The fraction of sp³-hybridized carbons (Fsp3) is 0.400. The predicted octanol–water partition coefficient (Wildman–Crippen LogP) is 1.69. The van der Waals surface area contributed by atoms with Gasteiger partial charge in [-0.3, -0.25) is 14.7 Å². The maximum absolute atomic E-state index is 4.55. The van der Waals surface area contributed by atoms with E-state index in [1.165, 1.54) is 0 Å². The second kappa shape index (κ2) is 11.0. The topological polar surface area (TPSA) is 67.1 Å². The van der Waals surface area contributed by atoms with Gasteiger partial charge in [0.05, 0.1) is 6.54 Å². The molecule has 0 spiro atoms. The number of rotatable bonds is 7. The number of pyridine rings is 1. The molecule has 6 nitrogen and oxygen atoms in total. The summed E-state index contributed by atoms with van der Waals surface area (Å²) in [5.74, 6) is 0.834. The van der Waals surface area contributed by atoms with Crippen molar-refractivity contribution in [2.24, 2.45) is 4.99 Å². The maximum atomic E-state index is 4.55. The molecule has 0 aliphatic heterocycles. The molecule has 0 radical (unpaired) electrons. The van der Waals surface area contributed by atoms with E-state index >= 15 is 0 Å². The van der Waals surface area contributed by atoms with Crippen LogP contribution in [0.2, 0.25) is 0 Å². The van der Waals surface area contributed by atoms with Crippen molar-refractivity contribution in [3.8, 4) is 0 Å². The van der Waals surface area contributed by atoms with E-state index in [0.29, 0.717) is 6.54 Å². The lowest BCUT2D eigenvalue weighted by atomic mass is 10.3. The summed E-state index contributed by atoms with van der Waals surface area (Å²) < 4.78 is 1.89. The highest BCUT2D eigenvalue weighted by Crippen LogP contribution is 1.94. The minimum Gasteiger partial charge on any atom is -0.357 e. The first-order valence-corrected chi connectivity index (χ1v) is 7.28. The van der Waals surface area contributed by atoms with Gasteiger partial charge in [-0.1, -0.05) is 6.07 Å². The summed E-state index contributed by atoms with van der Waals surface area (Å²) in [6.45, 7) is 5.23. The lowest BCUT2D eigenvalue weighted by Crippen LogP contribution is -2.39. The molecule has 120 valence electrons. The van der Waals surface area contributed by atoms with Crippen LogP contribution < -0.4 is 10.6 Å². The second-order valence-corrected chi connectivity index (χ2v) is 4.53. The van der Waals surface area contributed by atoms with Gasteiger partial charge in [0.1, 0.15) is 0 Å². The summed E-state index contributed by atoms with van der Waals surface area (Å²) in [6, 6.07) is 7.87. The van der Waals surface area contributed by atoms with E-state index in [9.17, 15) is 0 Å². The summed E-state index contributed by atoms with van der Waals surface area (Å²) >= 11 is 0. The normalized spacial score (nSPS) is 10.9. The van der Waals surface area contributed by atoms with E-state index in [4.69, 9.17) is 0 Å². The molecule has 2 N–H and O–H groups in total. The number of aromatic nitrogens is 3. The van der Waals surface area contributed by atoms with Crippen LogP contribution in [0.15, 0.2) is 47.8 Å². The largest absolute Gasteiger partial charge is 0.357 e. The first-order valence-electron chi connectivity index (χ1n) is 7.28. The highest BCUT2D eigenvalue weighted by Gasteiger charge is 1.98. The Hall–Kier alpha value is -1.64. The summed E-state index contributed by atoms with van der Waals surface area (Å²) in [5.41, 5.74) is 1.06. The average molecular weight is 414 g/mol. The van der Waals surface area contributed by atoms with Crippen molar-refractivity contribution in [2.75, 3.05) is 19.6 Å². The molecule has 2 heterocycles. The first kappa shape index (κ1) is 18.4. The Morgan fingerprint density at radius 3 is 2.82 bits per heavy atom. The summed E-state index contributed by atoms with van der Waals surface area (Å²) in [7, 11) is 0. The van der Waals surface area contributed by atoms with Gasteiger partial charge in [0.15, 0.2) is 5.96 Å². The number of nitrogens with one attached hydrogen (secondary N) is 2. The standard InChI is InChI=1S/C15H22N6.HI/c1-2-16-15(19-11-13-21-12-5-9-20-21)18-10-7-14-6-3-4-8-17-14;/h3-6,8-9,12H,2,7,10-11,13H2,1H3,(H2,16,18,19);1H. The monoisotopic (exact) mass is 414 g/mol. The third-order valence-electron chi connectivity index (χ3n) is 2.90. The third kappa shape index (κ3) is 6.88. The number of nitrogens with zero attached hydrogens (tertiary/aromatic N) is 4. The Morgan fingerprint density at radius 2 is 2.14 bits per heavy atom. The molecule has 2 rings (SSSR count). The molecular formula is C15H23IN6. The number of guanidine groups is 1. The van der Waals surface area contributed by atoms with Gasteiger partial charge >= 0.3 is 0 Å². The van der Waals surface area contributed by atoms with E-state index in [1.54, 1.807) is 6.20 Å². The van der Waals surface area contributed by atoms with Crippen molar-refractivity contribution >= 4 is 29.9 Å². The van der Waals surface area contributed by atoms with Crippen LogP contribution in [-0.4, -0.2) is 40.4 Å². The van der Waals surface area contributed by atoms with Crippen LogP contribution in [0.25, 0.3) is 0 Å². The molecule has 7 heteroatoms. The Morgan fingerprint density at radius 1 is 1.23 bits per heavy atom. The molecule has 2 aromatic heterocycles. The molecule has 0 amide bonds. The van der Waals surface area contributed by atoms with Crippen LogP contribution in [0, 0.1) is 0 Å². The molecule has 0 bridgehead atoms. The van der Waals surface area contributed by atoms with E-state index in [0.717, 1.165) is 37.7 Å². The molecule has 2 aromatic rings. The maximum Gasteiger partial charge on any atom is 0.191 e. The lowest BCUT2D eigenvalue weighted by molar-refractivity contribution is 0.598. The molecule has 0 aliphatic rings. The minimum absolute atomic E-state index is 0. The van der Waals surface area contributed by atoms with Gasteiger partial charge < -0.3 is 10.6 Å². The molecule has 0 aromatic carbocycles. The van der Waals surface area contributed by atoms with Gasteiger partial charge in [-0.15, -0.1) is 24.0 Å². The molecule has 0 saturated heterocycles. The van der Waals surface area contributed by atoms with Gasteiger partial charge in [-0.05, 0) is 25.1 Å². The minimum atomic E-state index is 0. The molecule has 0 saturated carbocycles. The summed E-state index contributed by atoms with van der Waals surface area (Å²) in [4.78, 5) is 8.85. The number of aliphatic imine (C=N–C) groups is 1. The lowest BCUT2D eigenvalue weighted by Gasteiger charge is -2.11. The fourth-order valence-electron chi connectivity index (χ4n) is 1.89. The number of hydrogen-bond donors (Lipinski definition) is 2. The van der Waals surface area contributed by atoms with Gasteiger partial charge in [-0.2, -0.15) is 5.10 Å². The molecule has 0 fully saturated rings. The summed E-state index contributed by atoms with van der Waals surface area (Å²) in [5, 5.41) is 10.7. The van der Waals surface area contributed by atoms with Crippen LogP contribution in [0.1, 0.15) is 12.6 Å². The van der Waals surface area contributed by atoms with Crippen molar-refractivity contribution in [3.63, 3.8) is 0 Å². The van der Waals surface area contributed by atoms with Gasteiger partial charge in [0.25, 0.3) is 0 Å². The fourth-order valence-corrected chi connectivity index (χ4v) is 1.89. The molecule has 0 aliphatic carbocycles. The Kier molecular flexibility index (Phi) is 9.20. The Bertz CT molecular complexity index is 526. The SMILES string of the molecule is CCNC(=NCCc1ccccn1)NCCn1cccn1.I. The zero-order valence-corrected chi connectivity index (χ0v) is 15.1. The Labute approximate surface area is 148 Å². The zero-order valence-electron chi connectivity index (χ0n) is 12.8. The highest BCUT2D eigenvalue weighted by molar-refractivity contribution is 14.0. The van der Waals surface area contributed by atoms with E-state index in [1.807, 2.05) is 41.3 Å². The van der Waals surface area contributed by atoms with E-state index in [2.05, 4.69) is 32.6 Å². The molecule has 22 heavy (non-hydrogen) atoms. The van der Waals surface area contributed by atoms with Crippen molar-refractivity contribution in [2.45, 2.75) is 19.9 Å². The number of halogens is 1. The first-order chi connectivity index (χ1) is 10.4. The number of hydrogen-bond acceptors (Lipinski definition) is 3.